The van der Waals surface area contributed by atoms with Crippen molar-refractivity contribution in [2.45, 2.75) is 45.7 Å². The molecule has 0 saturated heterocycles. The monoisotopic (exact) mass is 248 g/mol. The lowest BCUT2D eigenvalue weighted by Crippen LogP contribution is -2.53. The number of benzene rings is 1. The summed E-state index contributed by atoms with van der Waals surface area (Å²) >= 11 is 0. The summed E-state index contributed by atoms with van der Waals surface area (Å²) in [5.74, 6) is 0.0238. The highest BCUT2D eigenvalue weighted by molar-refractivity contribution is 5.85. The maximum atomic E-state index is 12.3. The molecule has 0 aliphatic rings. The van der Waals surface area contributed by atoms with Crippen molar-refractivity contribution < 1.29 is 4.79 Å². The van der Waals surface area contributed by atoms with Crippen LogP contribution in [0.3, 0.4) is 0 Å². The zero-order valence-electron chi connectivity index (χ0n) is 11.9. The van der Waals surface area contributed by atoms with E-state index in [1.54, 1.807) is 4.90 Å². The summed E-state index contributed by atoms with van der Waals surface area (Å²) in [5, 5.41) is 0. The fraction of sp³-hybridized carbons (Fsp3) is 0.533. The molecule has 18 heavy (non-hydrogen) atoms. The zero-order chi connectivity index (χ0) is 13.8. The molecule has 0 fully saturated rings. The van der Waals surface area contributed by atoms with Crippen LogP contribution in [0.2, 0.25) is 0 Å². The number of carbonyl (C=O) groups is 1. The third kappa shape index (κ3) is 3.10. The van der Waals surface area contributed by atoms with Crippen molar-refractivity contribution in [1.29, 1.82) is 0 Å². The fourth-order valence-corrected chi connectivity index (χ4v) is 2.05. The molecule has 1 aromatic carbocycles. The summed E-state index contributed by atoms with van der Waals surface area (Å²) in [4.78, 5) is 14.1. The Bertz CT molecular complexity index is 411. The number of rotatable bonds is 5. The predicted octanol–water partition coefficient (Wildman–Crippen LogP) is 2.47. The van der Waals surface area contributed by atoms with Gasteiger partial charge in [-0.15, -0.1) is 0 Å². The molecule has 0 bridgehead atoms. The van der Waals surface area contributed by atoms with Crippen molar-refractivity contribution in [2.75, 3.05) is 7.05 Å². The lowest BCUT2D eigenvalue weighted by molar-refractivity contribution is -0.136. The largest absolute Gasteiger partial charge is 0.340 e. The molecule has 1 aromatic rings. The second kappa shape index (κ2) is 6.01. The summed E-state index contributed by atoms with van der Waals surface area (Å²) in [5.41, 5.74) is 7.79. The predicted molar refractivity (Wildman–Crippen MR) is 75.2 cm³/mol. The number of aryl methyl sites for hydroxylation is 1. The summed E-state index contributed by atoms with van der Waals surface area (Å²) in [6.07, 6.45) is 1.33. The molecule has 2 N–H and O–H groups in total. The van der Waals surface area contributed by atoms with Crippen LogP contribution < -0.4 is 5.73 Å². The molecular formula is C15H24N2O. The Balaban J connectivity index is 2.80. The van der Waals surface area contributed by atoms with Gasteiger partial charge in [-0.25, -0.2) is 0 Å². The van der Waals surface area contributed by atoms with E-state index >= 15 is 0 Å². The molecule has 0 spiro atoms. The first-order valence-corrected chi connectivity index (χ1v) is 6.53. The van der Waals surface area contributed by atoms with Crippen LogP contribution in [0.25, 0.3) is 0 Å². The maximum absolute atomic E-state index is 12.3. The minimum absolute atomic E-state index is 0.0238. The van der Waals surface area contributed by atoms with Crippen molar-refractivity contribution >= 4 is 5.91 Å². The molecule has 0 unspecified atom stereocenters. The molecule has 1 amide bonds. The minimum Gasteiger partial charge on any atom is -0.340 e. The molecule has 0 radical (unpaired) electrons. The van der Waals surface area contributed by atoms with Gasteiger partial charge in [-0.3, -0.25) is 4.79 Å². The van der Waals surface area contributed by atoms with Crippen LogP contribution in [0.15, 0.2) is 24.3 Å². The molecule has 100 valence electrons. The van der Waals surface area contributed by atoms with Gasteiger partial charge >= 0.3 is 0 Å². The minimum atomic E-state index is -0.725. The number of hydrogen-bond acceptors (Lipinski definition) is 2. The Hall–Kier alpha value is -1.35. The maximum Gasteiger partial charge on any atom is 0.242 e. The van der Waals surface area contributed by atoms with E-state index in [0.29, 0.717) is 19.4 Å². The Morgan fingerprint density at radius 2 is 1.83 bits per heavy atom. The van der Waals surface area contributed by atoms with Crippen LogP contribution in [-0.2, 0) is 11.3 Å². The Kier molecular flexibility index (Phi) is 4.91. The van der Waals surface area contributed by atoms with E-state index in [-0.39, 0.29) is 5.91 Å². The van der Waals surface area contributed by atoms with Crippen LogP contribution in [-0.4, -0.2) is 23.4 Å². The molecular weight excluding hydrogens is 224 g/mol. The zero-order valence-corrected chi connectivity index (χ0v) is 11.9. The van der Waals surface area contributed by atoms with Crippen molar-refractivity contribution in [3.63, 3.8) is 0 Å². The number of hydrogen-bond donors (Lipinski definition) is 1. The SMILES string of the molecule is CCC(N)(CC)C(=O)N(C)Cc1ccccc1C. The average Bonchev–Trinajstić information content (AvgIpc) is 2.39. The van der Waals surface area contributed by atoms with E-state index in [1.165, 1.54) is 11.1 Å². The highest BCUT2D eigenvalue weighted by Gasteiger charge is 2.32. The smallest absolute Gasteiger partial charge is 0.242 e. The average molecular weight is 248 g/mol. The quantitative estimate of drug-likeness (QED) is 0.870. The van der Waals surface area contributed by atoms with Crippen LogP contribution in [0.1, 0.15) is 37.8 Å². The fourth-order valence-electron chi connectivity index (χ4n) is 2.05. The van der Waals surface area contributed by atoms with Gasteiger partial charge in [0.15, 0.2) is 0 Å². The third-order valence-corrected chi connectivity index (χ3v) is 3.70. The van der Waals surface area contributed by atoms with Gasteiger partial charge in [0.05, 0.1) is 5.54 Å². The lowest BCUT2D eigenvalue weighted by Gasteiger charge is -2.31. The van der Waals surface area contributed by atoms with Crippen molar-refractivity contribution in [2.24, 2.45) is 5.73 Å². The molecule has 0 aromatic heterocycles. The van der Waals surface area contributed by atoms with Gasteiger partial charge < -0.3 is 10.6 Å². The van der Waals surface area contributed by atoms with Gasteiger partial charge in [0, 0.05) is 13.6 Å². The number of nitrogens with two attached hydrogens (primary N) is 1. The first-order chi connectivity index (χ1) is 8.44. The Labute approximate surface area is 110 Å². The van der Waals surface area contributed by atoms with Crippen molar-refractivity contribution in [3.8, 4) is 0 Å². The second-order valence-electron chi connectivity index (χ2n) is 4.95. The highest BCUT2D eigenvalue weighted by atomic mass is 16.2. The van der Waals surface area contributed by atoms with Crippen LogP contribution in [0.5, 0.6) is 0 Å². The molecule has 3 nitrogen and oxygen atoms in total. The standard InChI is InChI=1S/C15H24N2O/c1-5-15(16,6-2)14(18)17(4)11-13-10-8-7-9-12(13)3/h7-10H,5-6,11,16H2,1-4H3. The van der Waals surface area contributed by atoms with Crippen molar-refractivity contribution in [1.82, 2.24) is 4.90 Å². The number of nitrogens with zero attached hydrogens (tertiary/aromatic N) is 1. The van der Waals surface area contributed by atoms with Gasteiger partial charge in [0.25, 0.3) is 0 Å². The van der Waals surface area contributed by atoms with Crippen LogP contribution in [0, 0.1) is 6.92 Å². The number of likely N-dealkylation sites (N-methyl/N-ethyl adjacent to an activating group) is 1. The number of carbonyl (C=O) groups excluding carboxylic acids is 1. The van der Waals surface area contributed by atoms with Crippen LogP contribution >= 0.6 is 0 Å². The summed E-state index contributed by atoms with van der Waals surface area (Å²) < 4.78 is 0. The topological polar surface area (TPSA) is 46.3 Å². The van der Waals surface area contributed by atoms with Gasteiger partial charge in [0.2, 0.25) is 5.91 Å². The first-order valence-electron chi connectivity index (χ1n) is 6.53. The summed E-state index contributed by atoms with van der Waals surface area (Å²) in [6, 6.07) is 8.11. The third-order valence-electron chi connectivity index (χ3n) is 3.70. The molecule has 3 heteroatoms. The first kappa shape index (κ1) is 14.7. The number of amides is 1. The summed E-state index contributed by atoms with van der Waals surface area (Å²) in [6.45, 7) is 6.60. The molecule has 0 heterocycles. The van der Waals surface area contributed by atoms with Crippen molar-refractivity contribution in [3.05, 3.63) is 35.4 Å². The molecule has 0 aliphatic heterocycles. The second-order valence-corrected chi connectivity index (χ2v) is 4.95. The van der Waals surface area contributed by atoms with E-state index in [9.17, 15) is 4.79 Å². The highest BCUT2D eigenvalue weighted by Crippen LogP contribution is 2.17. The molecule has 0 saturated carbocycles. The van der Waals surface area contributed by atoms with Gasteiger partial charge in [-0.05, 0) is 30.9 Å². The summed E-state index contributed by atoms with van der Waals surface area (Å²) in [7, 11) is 1.82. The van der Waals surface area contributed by atoms with E-state index in [0.717, 1.165) is 0 Å². The van der Waals surface area contributed by atoms with E-state index in [4.69, 9.17) is 5.73 Å². The Morgan fingerprint density at radius 3 is 2.33 bits per heavy atom. The molecule has 0 aliphatic carbocycles. The van der Waals surface area contributed by atoms with E-state index in [1.807, 2.05) is 33.0 Å². The van der Waals surface area contributed by atoms with E-state index in [2.05, 4.69) is 19.1 Å². The van der Waals surface area contributed by atoms with Gasteiger partial charge in [-0.2, -0.15) is 0 Å². The Morgan fingerprint density at radius 1 is 1.28 bits per heavy atom. The van der Waals surface area contributed by atoms with Gasteiger partial charge in [0.1, 0.15) is 0 Å². The van der Waals surface area contributed by atoms with Crippen LogP contribution in [0.4, 0.5) is 0 Å². The lowest BCUT2D eigenvalue weighted by atomic mass is 9.92. The normalized spacial score (nSPS) is 11.4. The molecule has 0 atom stereocenters. The van der Waals surface area contributed by atoms with Gasteiger partial charge in [-0.1, -0.05) is 38.1 Å². The van der Waals surface area contributed by atoms with E-state index < -0.39 is 5.54 Å². The molecule has 1 rings (SSSR count).